The molecule has 2 N–H and O–H groups in total. The van der Waals surface area contributed by atoms with E-state index in [1.807, 2.05) is 27.7 Å². The lowest BCUT2D eigenvalue weighted by molar-refractivity contribution is -0.270. The molecule has 1 spiro atoms. The predicted octanol–water partition coefficient (Wildman–Crippen LogP) is 1.79. The molecule has 3 saturated heterocycles. The summed E-state index contributed by atoms with van der Waals surface area (Å²) < 4.78 is 42.9. The van der Waals surface area contributed by atoms with Crippen LogP contribution >= 0.6 is 0 Å². The minimum atomic E-state index is -2.22. The summed E-state index contributed by atoms with van der Waals surface area (Å²) in [5, 5.41) is 24.9. The summed E-state index contributed by atoms with van der Waals surface area (Å²) >= 11 is 0. The minimum absolute atomic E-state index is 0.0264. The molecule has 3 aliphatic heterocycles. The molecular formula is C39H52O15. The lowest BCUT2D eigenvalue weighted by Crippen LogP contribution is -2.77. The Bertz CT molecular complexity index is 1740. The molecule has 0 radical (unpaired) electrons. The Morgan fingerprint density at radius 1 is 0.889 bits per heavy atom. The Balaban J connectivity index is 1.38. The second-order valence-electron chi connectivity index (χ2n) is 18.7. The fourth-order valence-electron chi connectivity index (χ4n) is 13.4. The minimum Gasteiger partial charge on any atom is -0.462 e. The first-order valence-corrected chi connectivity index (χ1v) is 19.2. The van der Waals surface area contributed by atoms with E-state index in [4.69, 9.17) is 33.2 Å². The molecule has 5 aliphatic carbocycles. The molecule has 298 valence electrons. The quantitative estimate of drug-likeness (QED) is 0.224. The van der Waals surface area contributed by atoms with E-state index >= 15 is 4.79 Å². The second kappa shape index (κ2) is 11.3. The van der Waals surface area contributed by atoms with Crippen molar-refractivity contribution in [1.82, 2.24) is 0 Å². The molecule has 3 unspecified atom stereocenters. The van der Waals surface area contributed by atoms with E-state index in [2.05, 4.69) is 0 Å². The largest absolute Gasteiger partial charge is 0.462 e. The third-order valence-electron chi connectivity index (χ3n) is 15.7. The molecule has 0 bridgehead atoms. The highest BCUT2D eigenvalue weighted by Crippen LogP contribution is 2.81. The SMILES string of the molecule is CC(=O)O[C@H]1CC2C([C@@H]3[C@@H](OC(C)=O)C4[C@H]([C@H](C)[C@H]5O[C@]56OC(=O)[C@@](C)(O)[C@]46C)[C@@]13C)[C@@H](OC(C)=O)C(=O)[C@@]1(O)C[C@@H]3O[C@@H]3[C@H](OC(=O)CC(C)C)[C@]21C. The van der Waals surface area contributed by atoms with Crippen LogP contribution < -0.4 is 0 Å². The fraction of sp³-hybridized carbons (Fsp3) is 0.846. The topological polar surface area (TPSA) is 214 Å². The van der Waals surface area contributed by atoms with Crippen molar-refractivity contribution in [2.24, 2.45) is 57.7 Å². The van der Waals surface area contributed by atoms with Crippen LogP contribution in [0.3, 0.4) is 0 Å². The molecule has 3 heterocycles. The van der Waals surface area contributed by atoms with Gasteiger partial charge in [-0.3, -0.25) is 24.0 Å². The second-order valence-corrected chi connectivity index (χ2v) is 18.7. The summed E-state index contributed by atoms with van der Waals surface area (Å²) in [6, 6.07) is 0. The van der Waals surface area contributed by atoms with Crippen molar-refractivity contribution in [3.8, 4) is 0 Å². The number of esters is 5. The Morgan fingerprint density at radius 2 is 1.52 bits per heavy atom. The van der Waals surface area contributed by atoms with Gasteiger partial charge in [0.2, 0.25) is 11.6 Å². The number of epoxide rings is 2. The van der Waals surface area contributed by atoms with E-state index in [0.29, 0.717) is 0 Å². The Hall–Kier alpha value is -3.14. The van der Waals surface area contributed by atoms with Gasteiger partial charge in [0.05, 0.1) is 11.5 Å². The number of hydrogen-bond acceptors (Lipinski definition) is 15. The lowest BCUT2D eigenvalue weighted by Gasteiger charge is -2.65. The van der Waals surface area contributed by atoms with E-state index < -0.39 is 147 Å². The normalized spacial score (nSPS) is 54.3. The van der Waals surface area contributed by atoms with Gasteiger partial charge in [-0.25, -0.2) is 4.79 Å². The number of rotatable bonds is 6. The number of carbonyl (C=O) groups is 6. The number of ether oxygens (including phenoxy) is 7. The van der Waals surface area contributed by atoms with Crippen LogP contribution in [-0.4, -0.2) is 106 Å². The van der Waals surface area contributed by atoms with Gasteiger partial charge in [-0.1, -0.05) is 34.6 Å². The van der Waals surface area contributed by atoms with Gasteiger partial charge in [-0.05, 0) is 43.9 Å². The van der Waals surface area contributed by atoms with E-state index in [0.717, 1.165) is 6.92 Å². The molecule has 15 heteroatoms. The molecule has 0 aromatic heterocycles. The Labute approximate surface area is 313 Å². The predicted molar refractivity (Wildman–Crippen MR) is 179 cm³/mol. The fourth-order valence-corrected chi connectivity index (χ4v) is 13.4. The average molecular weight is 761 g/mol. The number of ketones is 1. The smallest absolute Gasteiger partial charge is 0.341 e. The van der Waals surface area contributed by atoms with E-state index in [-0.39, 0.29) is 25.2 Å². The maximum atomic E-state index is 15.1. The maximum absolute atomic E-state index is 15.1. The Kier molecular flexibility index (Phi) is 7.87. The maximum Gasteiger partial charge on any atom is 0.341 e. The van der Waals surface area contributed by atoms with Gasteiger partial charge in [-0.2, -0.15) is 0 Å². The van der Waals surface area contributed by atoms with Crippen molar-refractivity contribution in [1.29, 1.82) is 0 Å². The summed E-state index contributed by atoms with van der Waals surface area (Å²) in [5.41, 5.74) is -8.64. The first kappa shape index (κ1) is 37.8. The van der Waals surface area contributed by atoms with Gasteiger partial charge >= 0.3 is 29.8 Å². The van der Waals surface area contributed by atoms with Crippen molar-refractivity contribution in [2.45, 2.75) is 148 Å². The third-order valence-corrected chi connectivity index (χ3v) is 15.7. The van der Waals surface area contributed by atoms with E-state index in [1.165, 1.54) is 20.8 Å². The zero-order chi connectivity index (χ0) is 39.6. The van der Waals surface area contributed by atoms with Crippen molar-refractivity contribution in [3.63, 3.8) is 0 Å². The number of aliphatic hydroxyl groups is 2. The van der Waals surface area contributed by atoms with Crippen LogP contribution in [0, 0.1) is 57.7 Å². The van der Waals surface area contributed by atoms with Crippen LogP contribution in [0.4, 0.5) is 0 Å². The van der Waals surface area contributed by atoms with Crippen LogP contribution in [0.2, 0.25) is 0 Å². The van der Waals surface area contributed by atoms with Crippen molar-refractivity contribution < 1.29 is 72.1 Å². The highest BCUT2D eigenvalue weighted by molar-refractivity contribution is 5.95. The van der Waals surface area contributed by atoms with Crippen LogP contribution in [0.1, 0.15) is 88.5 Å². The van der Waals surface area contributed by atoms with Gasteiger partial charge in [0.25, 0.3) is 0 Å². The monoisotopic (exact) mass is 760 g/mol. The van der Waals surface area contributed by atoms with E-state index in [1.54, 1.807) is 13.8 Å². The lowest BCUT2D eigenvalue weighted by atomic mass is 9.40. The first-order valence-electron chi connectivity index (χ1n) is 19.2. The summed E-state index contributed by atoms with van der Waals surface area (Å²) in [5.74, 6) is -10.6. The van der Waals surface area contributed by atoms with Crippen LogP contribution in [0.5, 0.6) is 0 Å². The number of hydrogen-bond donors (Lipinski definition) is 2. The number of carbonyl (C=O) groups excluding carboxylic acids is 6. The van der Waals surface area contributed by atoms with Crippen LogP contribution in [-0.2, 0) is 61.9 Å². The molecule has 8 rings (SSSR count). The van der Waals surface area contributed by atoms with Crippen molar-refractivity contribution in [3.05, 3.63) is 0 Å². The molecule has 54 heavy (non-hydrogen) atoms. The zero-order valence-electron chi connectivity index (χ0n) is 32.4. The summed E-state index contributed by atoms with van der Waals surface area (Å²) in [6.07, 6.45) is -6.81. The van der Waals surface area contributed by atoms with Crippen molar-refractivity contribution >= 4 is 35.6 Å². The summed E-state index contributed by atoms with van der Waals surface area (Å²) in [6.45, 7) is 15.9. The zero-order valence-corrected chi connectivity index (χ0v) is 32.4. The highest BCUT2D eigenvalue weighted by atomic mass is 16.8. The molecule has 0 aromatic carbocycles. The van der Waals surface area contributed by atoms with Gasteiger partial charge in [0.1, 0.15) is 36.1 Å². The molecular weight excluding hydrogens is 708 g/mol. The summed E-state index contributed by atoms with van der Waals surface area (Å²) in [4.78, 5) is 81.4. The highest BCUT2D eigenvalue weighted by Gasteiger charge is 2.93. The standard InChI is InChI=1S/C39H52O15/c1-14(2)11-22(43)52-32-27-20(51-27)13-38(47)30(44)28(49-17(5)41)23-19(35(32,38)8)12-21(48-16(4)40)34(7)24-15(3)31-39(53-31)36(9,37(10,46)33(45)54-39)26(24)29(25(23)34)50-18(6)42/h14-15,19-21,23-29,31-32,46-47H,11-13H2,1-10H3/t15-,19?,20-,21-,23?,24-,25+,26?,27-,28+,29+,31+,32-,34+,35-,36-,37+,38-,39-/m0/s1. The third kappa shape index (κ3) is 4.33. The Morgan fingerprint density at radius 3 is 2.11 bits per heavy atom. The molecule has 0 aromatic rings. The van der Waals surface area contributed by atoms with Crippen LogP contribution in [0.15, 0.2) is 0 Å². The molecule has 8 fully saturated rings. The van der Waals surface area contributed by atoms with Gasteiger partial charge in [0, 0.05) is 62.2 Å². The van der Waals surface area contributed by atoms with Gasteiger partial charge in [-0.15, -0.1) is 0 Å². The molecule has 8 aliphatic rings. The number of fused-ring (bicyclic) bond motifs is 9. The molecule has 19 atom stereocenters. The van der Waals surface area contributed by atoms with Gasteiger partial charge in [0.15, 0.2) is 11.7 Å². The molecule has 15 nitrogen and oxygen atoms in total. The molecule has 5 saturated carbocycles. The van der Waals surface area contributed by atoms with Crippen LogP contribution in [0.25, 0.3) is 0 Å². The number of Topliss-reactive ketones (excluding diaryl/α,β-unsaturated/α-hetero) is 1. The van der Waals surface area contributed by atoms with Crippen molar-refractivity contribution in [2.75, 3.05) is 0 Å². The average Bonchev–Trinajstić information content (AvgIpc) is 3.94. The first-order chi connectivity index (χ1) is 24.9. The van der Waals surface area contributed by atoms with Gasteiger partial charge < -0.3 is 43.4 Å². The summed E-state index contributed by atoms with van der Waals surface area (Å²) in [7, 11) is 0. The molecule has 0 amide bonds. The van der Waals surface area contributed by atoms with E-state index in [9.17, 15) is 34.2 Å².